The molecule has 170 valence electrons. The van der Waals surface area contributed by atoms with E-state index < -0.39 is 12.7 Å². The zero-order chi connectivity index (χ0) is 26.6. The van der Waals surface area contributed by atoms with E-state index in [4.69, 9.17) is 8.53 Å². The van der Waals surface area contributed by atoms with Crippen molar-refractivity contribution in [3.05, 3.63) is 114 Å². The number of pyridine rings is 1. The van der Waals surface area contributed by atoms with Crippen molar-refractivity contribution >= 4 is 21.9 Å². The van der Waals surface area contributed by atoms with Gasteiger partial charge in [0.1, 0.15) is 18.2 Å². The van der Waals surface area contributed by atoms with Crippen LogP contribution in [0, 0.1) is 19.6 Å². The number of para-hydroxylation sites is 1. The van der Waals surface area contributed by atoms with Gasteiger partial charge in [-0.3, -0.25) is 0 Å². The average molecular weight is 462 g/mol. The Labute approximate surface area is 208 Å². The molecule has 0 aliphatic rings. The quantitative estimate of drug-likeness (QED) is 0.243. The SMILES string of the molecule is [2H]C([2H])([2H])c1cc(-c2c(C)ccc3c2oc2c(-c4ccc(-c5ccccc5)cc4)cccc23)[n+](C)cc1F. The number of hydrogen-bond donors (Lipinski definition) is 0. The summed E-state index contributed by atoms with van der Waals surface area (Å²) in [6.07, 6.45) is 1.22. The highest BCUT2D eigenvalue weighted by Crippen LogP contribution is 2.40. The summed E-state index contributed by atoms with van der Waals surface area (Å²) in [5.74, 6) is -0.757. The van der Waals surface area contributed by atoms with Crippen molar-refractivity contribution in [1.29, 1.82) is 0 Å². The molecule has 0 saturated heterocycles. The summed E-state index contributed by atoms with van der Waals surface area (Å²) in [6.45, 7) is -0.620. The molecule has 6 rings (SSSR count). The lowest BCUT2D eigenvalue weighted by Crippen LogP contribution is -2.31. The molecule has 0 aliphatic carbocycles. The molecule has 0 unspecified atom stereocenters. The molecule has 2 nitrogen and oxygen atoms in total. The molecule has 0 saturated carbocycles. The smallest absolute Gasteiger partial charge is 0.216 e. The van der Waals surface area contributed by atoms with Gasteiger partial charge in [-0.1, -0.05) is 84.9 Å². The van der Waals surface area contributed by atoms with E-state index in [1.54, 1.807) is 11.6 Å². The summed E-state index contributed by atoms with van der Waals surface area (Å²) in [7, 11) is 1.71. The van der Waals surface area contributed by atoms with E-state index in [1.165, 1.54) is 12.3 Å². The molecule has 0 radical (unpaired) electrons. The van der Waals surface area contributed by atoms with E-state index in [0.717, 1.165) is 49.7 Å². The molecule has 35 heavy (non-hydrogen) atoms. The van der Waals surface area contributed by atoms with Crippen LogP contribution >= 0.6 is 0 Å². The van der Waals surface area contributed by atoms with Gasteiger partial charge >= 0.3 is 0 Å². The first kappa shape index (κ1) is 18.1. The third kappa shape index (κ3) is 3.52. The summed E-state index contributed by atoms with van der Waals surface area (Å²) in [6, 6.07) is 30.2. The van der Waals surface area contributed by atoms with E-state index in [-0.39, 0.29) is 5.56 Å². The number of benzene rings is 4. The van der Waals surface area contributed by atoms with Crippen molar-refractivity contribution in [2.45, 2.75) is 13.8 Å². The lowest BCUT2D eigenvalue weighted by atomic mass is 9.97. The Morgan fingerprint density at radius 1 is 0.743 bits per heavy atom. The molecule has 0 atom stereocenters. The second-order valence-electron chi connectivity index (χ2n) is 8.89. The number of nitrogens with zero attached hydrogens (tertiary/aromatic N) is 1. The van der Waals surface area contributed by atoms with Crippen LogP contribution < -0.4 is 4.57 Å². The van der Waals surface area contributed by atoms with Crippen LogP contribution in [0.1, 0.15) is 15.2 Å². The Balaban J connectivity index is 1.55. The zero-order valence-electron chi connectivity index (χ0n) is 22.5. The number of aromatic nitrogens is 1. The normalized spacial score (nSPS) is 13.1. The molecule has 6 aromatic rings. The van der Waals surface area contributed by atoms with Gasteiger partial charge in [0.15, 0.2) is 5.82 Å². The molecule has 3 heteroatoms. The minimum absolute atomic E-state index is 0.308. The first-order valence-corrected chi connectivity index (χ1v) is 11.5. The van der Waals surface area contributed by atoms with Gasteiger partial charge < -0.3 is 4.42 Å². The van der Waals surface area contributed by atoms with Crippen LogP contribution in [-0.4, -0.2) is 0 Å². The summed E-state index contributed by atoms with van der Waals surface area (Å²) < 4.78 is 46.2. The van der Waals surface area contributed by atoms with E-state index >= 15 is 0 Å². The highest BCUT2D eigenvalue weighted by atomic mass is 19.1. The number of furan rings is 1. The van der Waals surface area contributed by atoms with Crippen molar-refractivity contribution in [3.8, 4) is 33.5 Å². The topological polar surface area (TPSA) is 17.0 Å². The van der Waals surface area contributed by atoms with Crippen molar-refractivity contribution in [2.75, 3.05) is 0 Å². The van der Waals surface area contributed by atoms with Gasteiger partial charge in [-0.15, -0.1) is 0 Å². The molecule has 0 fully saturated rings. The zero-order valence-corrected chi connectivity index (χ0v) is 19.5. The number of halogens is 1. The highest BCUT2D eigenvalue weighted by Gasteiger charge is 2.23. The average Bonchev–Trinajstić information content (AvgIpc) is 3.28. The van der Waals surface area contributed by atoms with Gasteiger partial charge in [-0.05, 0) is 41.6 Å². The molecular formula is C32H25FNO+. The molecule has 0 bridgehead atoms. The number of aryl methyl sites for hydroxylation is 3. The fraction of sp³-hybridized carbons (Fsp3) is 0.0938. The van der Waals surface area contributed by atoms with Gasteiger partial charge in [0.2, 0.25) is 11.9 Å². The van der Waals surface area contributed by atoms with Crippen LogP contribution in [0.2, 0.25) is 0 Å². The molecule has 4 aromatic carbocycles. The van der Waals surface area contributed by atoms with Crippen molar-refractivity contribution in [2.24, 2.45) is 7.05 Å². The molecular weight excluding hydrogens is 433 g/mol. The van der Waals surface area contributed by atoms with Crippen molar-refractivity contribution in [1.82, 2.24) is 0 Å². The first-order chi connectivity index (χ1) is 18.2. The second kappa shape index (κ2) is 8.21. The molecule has 0 N–H and O–H groups in total. The van der Waals surface area contributed by atoms with E-state index in [1.807, 2.05) is 55.5 Å². The minimum Gasteiger partial charge on any atom is -0.454 e. The third-order valence-electron chi connectivity index (χ3n) is 6.66. The maximum Gasteiger partial charge on any atom is 0.216 e. The summed E-state index contributed by atoms with van der Waals surface area (Å²) in [4.78, 5) is 0. The number of hydrogen-bond acceptors (Lipinski definition) is 1. The predicted molar refractivity (Wildman–Crippen MR) is 141 cm³/mol. The monoisotopic (exact) mass is 461 g/mol. The van der Waals surface area contributed by atoms with Crippen LogP contribution in [0.5, 0.6) is 0 Å². The van der Waals surface area contributed by atoms with Crippen LogP contribution in [-0.2, 0) is 7.05 Å². The van der Waals surface area contributed by atoms with E-state index in [0.29, 0.717) is 11.3 Å². The maximum absolute atomic E-state index is 14.6. The summed E-state index contributed by atoms with van der Waals surface area (Å²) in [5, 5.41) is 1.88. The molecule has 0 aliphatic heterocycles. The Hall–Kier alpha value is -4.24. The first-order valence-electron chi connectivity index (χ1n) is 13.0. The van der Waals surface area contributed by atoms with Crippen LogP contribution in [0.3, 0.4) is 0 Å². The van der Waals surface area contributed by atoms with Gasteiger partial charge in [0, 0.05) is 26.5 Å². The van der Waals surface area contributed by atoms with Gasteiger partial charge in [0.25, 0.3) is 0 Å². The fourth-order valence-electron chi connectivity index (χ4n) is 4.84. The lowest BCUT2D eigenvalue weighted by molar-refractivity contribution is -0.662. The van der Waals surface area contributed by atoms with Crippen LogP contribution in [0.4, 0.5) is 4.39 Å². The largest absolute Gasteiger partial charge is 0.454 e. The molecule has 2 aromatic heterocycles. The highest BCUT2D eigenvalue weighted by molar-refractivity contribution is 6.13. The number of fused-ring (bicyclic) bond motifs is 3. The lowest BCUT2D eigenvalue weighted by Gasteiger charge is -2.07. The maximum atomic E-state index is 14.6. The van der Waals surface area contributed by atoms with Gasteiger partial charge in [-0.2, -0.15) is 4.57 Å². The van der Waals surface area contributed by atoms with Gasteiger partial charge in [-0.25, -0.2) is 4.39 Å². The molecule has 0 spiro atoms. The molecule has 0 amide bonds. The van der Waals surface area contributed by atoms with E-state index in [2.05, 4.69) is 36.4 Å². The standard InChI is InChI=1S/C32H25FNO/c1-20-12-17-27-26-11-7-10-25(24-15-13-23(14-16-24)22-8-5-4-6-9-22)31(26)35-32(27)30(20)29-18-21(2)28(33)19-34(29)3/h4-19H,1-3H3/q+1/i2D3. The van der Waals surface area contributed by atoms with Crippen molar-refractivity contribution < 1.29 is 17.5 Å². The van der Waals surface area contributed by atoms with E-state index in [9.17, 15) is 4.39 Å². The summed E-state index contributed by atoms with van der Waals surface area (Å²) >= 11 is 0. The Bertz CT molecular complexity index is 1820. The van der Waals surface area contributed by atoms with Crippen molar-refractivity contribution in [3.63, 3.8) is 0 Å². The molecule has 2 heterocycles. The fourth-order valence-corrected chi connectivity index (χ4v) is 4.84. The summed E-state index contributed by atoms with van der Waals surface area (Å²) in [5.41, 5.74) is 7.61. The Kier molecular flexibility index (Phi) is 4.25. The predicted octanol–water partition coefficient (Wildman–Crippen LogP) is 8.17. The van der Waals surface area contributed by atoms with Crippen LogP contribution in [0.25, 0.3) is 55.4 Å². The second-order valence-corrected chi connectivity index (χ2v) is 8.89. The third-order valence-corrected chi connectivity index (χ3v) is 6.66. The Morgan fingerprint density at radius 2 is 1.46 bits per heavy atom. The minimum atomic E-state index is -2.57. The Morgan fingerprint density at radius 3 is 2.23 bits per heavy atom. The number of rotatable bonds is 3. The van der Waals surface area contributed by atoms with Crippen LogP contribution in [0.15, 0.2) is 102 Å². The van der Waals surface area contributed by atoms with Gasteiger partial charge in [0.05, 0.1) is 5.56 Å².